The predicted molar refractivity (Wildman–Crippen MR) is 106 cm³/mol. The molecule has 27 heavy (non-hydrogen) atoms. The van der Waals surface area contributed by atoms with Crippen molar-refractivity contribution in [1.29, 1.82) is 0 Å². The van der Waals surface area contributed by atoms with Crippen LogP contribution in [-0.2, 0) is 9.59 Å². The number of carbonyl (C=O) groups is 2. The maximum absolute atomic E-state index is 12.4. The number of benzene rings is 1. The Hall–Kier alpha value is -2.14. The molecular weight excluding hydrogens is 340 g/mol. The van der Waals surface area contributed by atoms with Gasteiger partial charge in [0.05, 0.1) is 18.7 Å². The summed E-state index contributed by atoms with van der Waals surface area (Å²) in [4.78, 5) is 26.3. The number of hydrogen-bond donors (Lipinski definition) is 2. The molecule has 1 saturated heterocycles. The number of carbonyl (C=O) groups excluding carboxylic acids is 2. The van der Waals surface area contributed by atoms with Crippen LogP contribution in [0.3, 0.4) is 0 Å². The third-order valence-electron chi connectivity index (χ3n) is 5.68. The Morgan fingerprint density at radius 2 is 1.93 bits per heavy atom. The van der Waals surface area contributed by atoms with Crippen molar-refractivity contribution < 1.29 is 14.7 Å². The second-order valence-electron chi connectivity index (χ2n) is 7.62. The smallest absolute Gasteiger partial charge is 0.222 e. The molecule has 0 spiro atoms. The quantitative estimate of drug-likeness (QED) is 0.739. The van der Waals surface area contributed by atoms with E-state index in [2.05, 4.69) is 29.6 Å². The summed E-state index contributed by atoms with van der Waals surface area (Å²) in [6, 6.07) is 7.90. The van der Waals surface area contributed by atoms with Crippen molar-refractivity contribution in [2.45, 2.75) is 57.5 Å². The fraction of sp³-hybridized carbons (Fsp3) is 0.545. The number of rotatable bonds is 8. The molecule has 3 atom stereocenters. The van der Waals surface area contributed by atoms with Crippen LogP contribution < -0.4 is 5.32 Å². The van der Waals surface area contributed by atoms with Crippen LogP contribution in [0.2, 0.25) is 0 Å². The van der Waals surface area contributed by atoms with Gasteiger partial charge in [-0.05, 0) is 36.8 Å². The zero-order valence-electron chi connectivity index (χ0n) is 16.2. The Bertz CT molecular complexity index is 694. The SMILES string of the molecule is C/C=C/c1ccc([C@@H]2[C@@H](CO)N(C(=O)CC)[C@@H]2CNC(=O)CC2CC2)cc1. The molecular formula is C22H30N2O3. The lowest BCUT2D eigenvalue weighted by Crippen LogP contribution is -2.68. The third kappa shape index (κ3) is 4.41. The van der Waals surface area contributed by atoms with E-state index < -0.39 is 0 Å². The van der Waals surface area contributed by atoms with Gasteiger partial charge in [0.2, 0.25) is 11.8 Å². The lowest BCUT2D eigenvalue weighted by atomic mass is 9.74. The summed E-state index contributed by atoms with van der Waals surface area (Å²) in [5.74, 6) is 0.666. The molecule has 1 heterocycles. The predicted octanol–water partition coefficient (Wildman–Crippen LogP) is 2.70. The highest BCUT2D eigenvalue weighted by Gasteiger charge is 2.50. The van der Waals surface area contributed by atoms with E-state index in [0.29, 0.717) is 25.3 Å². The fourth-order valence-electron chi connectivity index (χ4n) is 4.07. The highest BCUT2D eigenvalue weighted by atomic mass is 16.3. The normalized spacial score (nSPS) is 24.7. The monoisotopic (exact) mass is 370 g/mol. The van der Waals surface area contributed by atoms with Gasteiger partial charge in [-0.15, -0.1) is 0 Å². The number of nitrogens with one attached hydrogen (secondary N) is 1. The maximum atomic E-state index is 12.4. The van der Waals surface area contributed by atoms with E-state index >= 15 is 0 Å². The molecule has 2 fully saturated rings. The average molecular weight is 370 g/mol. The van der Waals surface area contributed by atoms with Gasteiger partial charge in [-0.2, -0.15) is 0 Å². The van der Waals surface area contributed by atoms with Gasteiger partial charge >= 0.3 is 0 Å². The molecule has 2 N–H and O–H groups in total. The third-order valence-corrected chi connectivity index (χ3v) is 5.68. The molecule has 1 aromatic rings. The Morgan fingerprint density at radius 1 is 1.22 bits per heavy atom. The Kier molecular flexibility index (Phi) is 6.32. The molecule has 3 rings (SSSR count). The summed E-state index contributed by atoms with van der Waals surface area (Å²) in [7, 11) is 0. The maximum Gasteiger partial charge on any atom is 0.222 e. The van der Waals surface area contributed by atoms with Gasteiger partial charge in [0.15, 0.2) is 0 Å². The van der Waals surface area contributed by atoms with E-state index in [-0.39, 0.29) is 36.4 Å². The number of aliphatic hydroxyl groups is 1. The van der Waals surface area contributed by atoms with Gasteiger partial charge < -0.3 is 15.3 Å². The lowest BCUT2D eigenvalue weighted by Gasteiger charge is -2.55. The lowest BCUT2D eigenvalue weighted by molar-refractivity contribution is -0.150. The van der Waals surface area contributed by atoms with Crippen molar-refractivity contribution in [2.24, 2.45) is 5.92 Å². The van der Waals surface area contributed by atoms with Gasteiger partial charge in [-0.3, -0.25) is 9.59 Å². The first kappa shape index (κ1) is 19.6. The fourth-order valence-corrected chi connectivity index (χ4v) is 4.07. The largest absolute Gasteiger partial charge is 0.394 e. The number of nitrogens with zero attached hydrogens (tertiary/aromatic N) is 1. The highest BCUT2D eigenvalue weighted by molar-refractivity contribution is 5.79. The van der Waals surface area contributed by atoms with Crippen molar-refractivity contribution in [3.8, 4) is 0 Å². The number of amides is 2. The van der Waals surface area contributed by atoms with Crippen molar-refractivity contribution in [3.05, 3.63) is 41.5 Å². The van der Waals surface area contributed by atoms with E-state index in [1.165, 1.54) is 0 Å². The summed E-state index contributed by atoms with van der Waals surface area (Å²) < 4.78 is 0. The summed E-state index contributed by atoms with van der Waals surface area (Å²) in [6.07, 6.45) is 7.30. The van der Waals surface area contributed by atoms with Crippen molar-refractivity contribution in [1.82, 2.24) is 10.2 Å². The molecule has 1 aromatic carbocycles. The van der Waals surface area contributed by atoms with Gasteiger partial charge in [0, 0.05) is 25.3 Å². The van der Waals surface area contributed by atoms with Gasteiger partial charge in [-0.1, -0.05) is 43.3 Å². The van der Waals surface area contributed by atoms with Crippen LogP contribution in [0.15, 0.2) is 30.3 Å². The van der Waals surface area contributed by atoms with Gasteiger partial charge in [0.25, 0.3) is 0 Å². The summed E-state index contributed by atoms with van der Waals surface area (Å²) in [5, 5.41) is 12.9. The molecule has 1 aliphatic carbocycles. The first-order valence-electron chi connectivity index (χ1n) is 10.00. The van der Waals surface area contributed by atoms with E-state index in [1.807, 2.05) is 26.0 Å². The molecule has 146 valence electrons. The Balaban J connectivity index is 1.74. The van der Waals surface area contributed by atoms with E-state index in [0.717, 1.165) is 24.0 Å². The molecule has 0 aromatic heterocycles. The summed E-state index contributed by atoms with van der Waals surface area (Å²) >= 11 is 0. The molecule has 1 saturated carbocycles. The summed E-state index contributed by atoms with van der Waals surface area (Å²) in [5.41, 5.74) is 2.22. The summed E-state index contributed by atoms with van der Waals surface area (Å²) in [6.45, 7) is 4.18. The standard InChI is InChI=1S/C22H30N2O3/c1-3-5-15-8-10-17(11-9-15)22-18(13-23-20(26)12-16-6-7-16)24(19(22)14-25)21(27)4-2/h3,5,8-11,16,18-19,22,25H,4,6-7,12-14H2,1-2H3,(H,23,26)/b5-3+/t18-,19-,22+/m1/s1. The topological polar surface area (TPSA) is 69.6 Å². The van der Waals surface area contributed by atoms with E-state index in [4.69, 9.17) is 0 Å². The van der Waals surface area contributed by atoms with Crippen molar-refractivity contribution >= 4 is 17.9 Å². The Labute approximate surface area is 161 Å². The van der Waals surface area contributed by atoms with Crippen LogP contribution in [0.5, 0.6) is 0 Å². The molecule has 2 amide bonds. The first-order chi connectivity index (χ1) is 13.1. The average Bonchev–Trinajstić information content (AvgIpc) is 3.46. The van der Waals surface area contributed by atoms with Crippen molar-refractivity contribution in [3.63, 3.8) is 0 Å². The van der Waals surface area contributed by atoms with Crippen LogP contribution in [0.25, 0.3) is 6.08 Å². The van der Waals surface area contributed by atoms with Gasteiger partial charge in [-0.25, -0.2) is 0 Å². The Morgan fingerprint density at radius 3 is 2.48 bits per heavy atom. The zero-order chi connectivity index (χ0) is 19.4. The van der Waals surface area contributed by atoms with E-state index in [1.54, 1.807) is 4.90 Å². The minimum Gasteiger partial charge on any atom is -0.394 e. The molecule has 2 aliphatic rings. The molecule has 1 aliphatic heterocycles. The number of allylic oxidation sites excluding steroid dienone is 1. The van der Waals surface area contributed by atoms with Gasteiger partial charge in [0.1, 0.15) is 0 Å². The molecule has 5 heteroatoms. The van der Waals surface area contributed by atoms with Crippen LogP contribution in [-0.4, -0.2) is 47.1 Å². The molecule has 0 unspecified atom stereocenters. The number of likely N-dealkylation sites (tertiary alicyclic amines) is 1. The first-order valence-corrected chi connectivity index (χ1v) is 10.00. The zero-order valence-corrected chi connectivity index (χ0v) is 16.2. The number of hydrogen-bond acceptors (Lipinski definition) is 3. The van der Waals surface area contributed by atoms with Crippen LogP contribution in [0.4, 0.5) is 0 Å². The minimum atomic E-state index is -0.227. The molecule has 5 nitrogen and oxygen atoms in total. The molecule has 0 bridgehead atoms. The second kappa shape index (κ2) is 8.70. The minimum absolute atomic E-state index is 0.0253. The van der Waals surface area contributed by atoms with Crippen LogP contribution in [0, 0.1) is 5.92 Å². The van der Waals surface area contributed by atoms with Crippen molar-refractivity contribution in [2.75, 3.05) is 13.2 Å². The van der Waals surface area contributed by atoms with E-state index in [9.17, 15) is 14.7 Å². The van der Waals surface area contributed by atoms with Crippen LogP contribution >= 0.6 is 0 Å². The highest BCUT2D eigenvalue weighted by Crippen LogP contribution is 2.41. The molecule has 0 radical (unpaired) electrons. The van der Waals surface area contributed by atoms with Crippen LogP contribution in [0.1, 0.15) is 56.6 Å². The second-order valence-corrected chi connectivity index (χ2v) is 7.62. The number of aliphatic hydroxyl groups excluding tert-OH is 1.